The largest absolute Gasteiger partial charge is 0.342 e. The molecule has 1 N–H and O–H groups in total. The van der Waals surface area contributed by atoms with E-state index < -0.39 is 17.9 Å². The van der Waals surface area contributed by atoms with Gasteiger partial charge in [0.15, 0.2) is 0 Å². The Morgan fingerprint density at radius 3 is 2.65 bits per heavy atom. The first-order valence-corrected chi connectivity index (χ1v) is 6.88. The topological polar surface area (TPSA) is 49.4 Å². The van der Waals surface area contributed by atoms with E-state index in [0.29, 0.717) is 5.69 Å². The molecule has 1 aromatic carbocycles. The Bertz CT molecular complexity index is 583. The van der Waals surface area contributed by atoms with Gasteiger partial charge in [-0.15, -0.1) is 0 Å². The Kier molecular flexibility index (Phi) is 3.00. The van der Waals surface area contributed by atoms with E-state index in [1.54, 1.807) is 13.0 Å². The van der Waals surface area contributed by atoms with E-state index in [1.165, 1.54) is 17.0 Å². The van der Waals surface area contributed by atoms with E-state index in [9.17, 15) is 14.0 Å². The van der Waals surface area contributed by atoms with Crippen LogP contribution in [0.1, 0.15) is 25.3 Å². The maximum Gasteiger partial charge on any atom is 0.250 e. The molecule has 0 aromatic heterocycles. The minimum atomic E-state index is -0.613. The molecular weight excluding hydrogens is 259 g/mol. The van der Waals surface area contributed by atoms with Crippen LogP contribution in [0.15, 0.2) is 18.2 Å². The molecule has 1 saturated carbocycles. The number of hydrogen-bond donors (Lipinski definition) is 1. The summed E-state index contributed by atoms with van der Waals surface area (Å²) in [6, 6.07) is 3.24. The smallest absolute Gasteiger partial charge is 0.250 e. The van der Waals surface area contributed by atoms with Crippen LogP contribution in [-0.4, -0.2) is 23.9 Å². The van der Waals surface area contributed by atoms with Crippen molar-refractivity contribution < 1.29 is 14.0 Å². The summed E-state index contributed by atoms with van der Waals surface area (Å²) in [6.45, 7) is 3.48. The first-order chi connectivity index (χ1) is 9.49. The van der Waals surface area contributed by atoms with E-state index >= 15 is 0 Å². The Morgan fingerprint density at radius 2 is 2.00 bits per heavy atom. The molecule has 2 unspecified atom stereocenters. The molecule has 1 aromatic rings. The molecule has 4 nitrogen and oxygen atoms in total. The van der Waals surface area contributed by atoms with Crippen molar-refractivity contribution in [1.29, 1.82) is 0 Å². The fourth-order valence-corrected chi connectivity index (χ4v) is 2.71. The van der Waals surface area contributed by atoms with E-state index in [2.05, 4.69) is 5.32 Å². The van der Waals surface area contributed by atoms with Gasteiger partial charge in [0.2, 0.25) is 5.91 Å². The Hall–Kier alpha value is -1.91. The van der Waals surface area contributed by atoms with Gasteiger partial charge in [-0.3, -0.25) is 14.5 Å². The van der Waals surface area contributed by atoms with Crippen LogP contribution in [0.4, 0.5) is 10.1 Å². The maximum atomic E-state index is 13.5. The van der Waals surface area contributed by atoms with Gasteiger partial charge in [0, 0.05) is 0 Å². The summed E-state index contributed by atoms with van der Waals surface area (Å²) in [5.41, 5.74) is 1.28. The highest BCUT2D eigenvalue weighted by molar-refractivity contribution is 6.08. The molecule has 3 rings (SSSR count). The molecule has 1 heterocycles. The highest BCUT2D eigenvalue weighted by Gasteiger charge is 2.46. The summed E-state index contributed by atoms with van der Waals surface area (Å²) in [5.74, 6) is -0.478. The van der Waals surface area contributed by atoms with Gasteiger partial charge in [-0.2, -0.15) is 0 Å². The highest BCUT2D eigenvalue weighted by atomic mass is 19.1. The maximum absolute atomic E-state index is 13.5. The van der Waals surface area contributed by atoms with Gasteiger partial charge in [0.05, 0.1) is 5.69 Å². The SMILES string of the molecule is Cc1ccc(F)cc1N1C(=O)C(C2CC2)NC(=O)C1C. The zero-order valence-electron chi connectivity index (χ0n) is 11.5. The molecule has 1 saturated heterocycles. The zero-order valence-corrected chi connectivity index (χ0v) is 11.5. The number of nitrogens with zero attached hydrogens (tertiary/aromatic N) is 1. The standard InChI is InChI=1S/C15H17FN2O2/c1-8-3-6-11(16)7-12(8)18-9(2)14(19)17-13(15(18)20)10-4-5-10/h3,6-7,9-10,13H,4-5H2,1-2H3,(H,17,19). The minimum absolute atomic E-state index is 0.131. The number of hydrogen-bond acceptors (Lipinski definition) is 2. The predicted molar refractivity (Wildman–Crippen MR) is 72.7 cm³/mol. The number of nitrogens with one attached hydrogen (secondary N) is 1. The number of anilines is 1. The Labute approximate surface area is 117 Å². The van der Waals surface area contributed by atoms with Crippen molar-refractivity contribution in [2.24, 2.45) is 5.92 Å². The molecular formula is C15H17FN2O2. The average Bonchev–Trinajstić information content (AvgIpc) is 3.22. The van der Waals surface area contributed by atoms with Crippen molar-refractivity contribution in [2.75, 3.05) is 4.90 Å². The van der Waals surface area contributed by atoms with Gasteiger partial charge >= 0.3 is 0 Å². The number of rotatable bonds is 2. The molecule has 2 aliphatic rings. The second kappa shape index (κ2) is 4.58. The van der Waals surface area contributed by atoms with E-state index in [-0.39, 0.29) is 17.7 Å². The Balaban J connectivity index is 2.01. The van der Waals surface area contributed by atoms with Gasteiger partial charge in [-0.1, -0.05) is 6.07 Å². The number of halogens is 1. The molecule has 2 amide bonds. The summed E-state index contributed by atoms with van der Waals surface area (Å²) in [7, 11) is 0. The summed E-state index contributed by atoms with van der Waals surface area (Å²) < 4.78 is 13.5. The van der Waals surface area contributed by atoms with Crippen molar-refractivity contribution in [3.05, 3.63) is 29.6 Å². The molecule has 2 fully saturated rings. The lowest BCUT2D eigenvalue weighted by Crippen LogP contribution is -2.63. The molecule has 0 spiro atoms. The van der Waals surface area contributed by atoms with Crippen molar-refractivity contribution >= 4 is 17.5 Å². The number of carbonyl (C=O) groups excluding carboxylic acids is 2. The molecule has 20 heavy (non-hydrogen) atoms. The number of carbonyl (C=O) groups is 2. The third-order valence-corrected chi connectivity index (χ3v) is 4.09. The van der Waals surface area contributed by atoms with Crippen molar-refractivity contribution in [1.82, 2.24) is 5.32 Å². The van der Waals surface area contributed by atoms with E-state index in [1.807, 2.05) is 6.92 Å². The van der Waals surface area contributed by atoms with E-state index in [0.717, 1.165) is 18.4 Å². The summed E-state index contributed by atoms with van der Waals surface area (Å²) >= 11 is 0. The quantitative estimate of drug-likeness (QED) is 0.895. The third-order valence-electron chi connectivity index (χ3n) is 4.09. The lowest BCUT2D eigenvalue weighted by Gasteiger charge is -2.38. The molecule has 0 bridgehead atoms. The minimum Gasteiger partial charge on any atom is -0.342 e. The van der Waals surface area contributed by atoms with Crippen LogP contribution in [0.5, 0.6) is 0 Å². The van der Waals surface area contributed by atoms with Gasteiger partial charge < -0.3 is 5.32 Å². The van der Waals surface area contributed by atoms with E-state index in [4.69, 9.17) is 0 Å². The van der Waals surface area contributed by atoms with Gasteiger partial charge in [0.25, 0.3) is 5.91 Å². The third kappa shape index (κ3) is 2.07. The second-order valence-corrected chi connectivity index (χ2v) is 5.64. The first kappa shape index (κ1) is 13.1. The number of benzene rings is 1. The second-order valence-electron chi connectivity index (χ2n) is 5.64. The van der Waals surface area contributed by atoms with Gasteiger partial charge in [-0.25, -0.2) is 4.39 Å². The fraction of sp³-hybridized carbons (Fsp3) is 0.467. The van der Waals surface area contributed by atoms with Crippen LogP contribution >= 0.6 is 0 Å². The van der Waals surface area contributed by atoms with Gasteiger partial charge in [0.1, 0.15) is 17.9 Å². The van der Waals surface area contributed by atoms with Crippen molar-refractivity contribution in [2.45, 2.75) is 38.8 Å². The zero-order chi connectivity index (χ0) is 14.4. The van der Waals surface area contributed by atoms with Crippen molar-refractivity contribution in [3.63, 3.8) is 0 Å². The van der Waals surface area contributed by atoms with Crippen LogP contribution in [0.25, 0.3) is 0 Å². The Morgan fingerprint density at radius 1 is 1.30 bits per heavy atom. The molecule has 5 heteroatoms. The molecule has 1 aliphatic heterocycles. The first-order valence-electron chi connectivity index (χ1n) is 6.88. The van der Waals surface area contributed by atoms with Crippen LogP contribution < -0.4 is 10.2 Å². The summed E-state index contributed by atoms with van der Waals surface area (Å²) in [6.07, 6.45) is 1.92. The van der Waals surface area contributed by atoms with Crippen LogP contribution in [0.3, 0.4) is 0 Å². The monoisotopic (exact) mass is 276 g/mol. The predicted octanol–water partition coefficient (Wildman–Crippen LogP) is 1.76. The van der Waals surface area contributed by atoms with Crippen LogP contribution in [-0.2, 0) is 9.59 Å². The number of aryl methyl sites for hydroxylation is 1. The normalized spacial score (nSPS) is 26.6. The molecule has 2 atom stereocenters. The average molecular weight is 276 g/mol. The lowest BCUT2D eigenvalue weighted by atomic mass is 10.0. The fourth-order valence-electron chi connectivity index (χ4n) is 2.71. The van der Waals surface area contributed by atoms with Crippen LogP contribution in [0.2, 0.25) is 0 Å². The summed E-state index contributed by atoms with van der Waals surface area (Å²) in [4.78, 5) is 26.1. The van der Waals surface area contributed by atoms with Gasteiger partial charge in [-0.05, 0) is 50.3 Å². The molecule has 0 radical (unpaired) electrons. The molecule has 1 aliphatic carbocycles. The number of piperazine rings is 1. The van der Waals surface area contributed by atoms with Crippen LogP contribution in [0, 0.1) is 18.7 Å². The highest BCUT2D eigenvalue weighted by Crippen LogP contribution is 2.36. The number of amides is 2. The lowest BCUT2D eigenvalue weighted by molar-refractivity contribution is -0.134. The summed E-state index contributed by atoms with van der Waals surface area (Å²) in [5, 5.41) is 2.79. The van der Waals surface area contributed by atoms with Crippen molar-refractivity contribution in [3.8, 4) is 0 Å². The molecule has 106 valence electrons.